The molecule has 3 aliphatic rings. The number of H-pyrrole nitrogens is 1. The van der Waals surface area contributed by atoms with Gasteiger partial charge in [0.05, 0.1) is 19.5 Å². The van der Waals surface area contributed by atoms with Crippen LogP contribution in [-0.2, 0) is 11.8 Å². The number of nitrogens with one attached hydrogen (secondary N) is 2. The largest absolute Gasteiger partial charge is 0.495 e. The Morgan fingerprint density at radius 2 is 2.11 bits per heavy atom. The lowest BCUT2D eigenvalue weighted by atomic mass is 9.53. The predicted octanol–water partition coefficient (Wildman–Crippen LogP) is 5.27. The van der Waals surface area contributed by atoms with Crippen molar-refractivity contribution in [2.45, 2.75) is 68.9 Å². The molecule has 1 fully saturated rings. The van der Waals surface area contributed by atoms with Crippen molar-refractivity contribution in [1.29, 1.82) is 0 Å². The van der Waals surface area contributed by atoms with E-state index < -0.39 is 6.23 Å². The highest BCUT2D eigenvalue weighted by molar-refractivity contribution is 5.43. The second kappa shape index (κ2) is 8.63. The van der Waals surface area contributed by atoms with Gasteiger partial charge in [-0.15, -0.1) is 0 Å². The lowest BCUT2D eigenvalue weighted by Gasteiger charge is -2.51. The van der Waals surface area contributed by atoms with E-state index in [-0.39, 0.29) is 11.2 Å². The quantitative estimate of drug-likeness (QED) is 0.422. The zero-order valence-corrected chi connectivity index (χ0v) is 20.3. The third-order valence-electron chi connectivity index (χ3n) is 9.08. The van der Waals surface area contributed by atoms with Crippen molar-refractivity contribution in [2.75, 3.05) is 12.4 Å². The third-order valence-corrected chi connectivity index (χ3v) is 9.08. The summed E-state index contributed by atoms with van der Waals surface area (Å²) in [5.74, 6) is 2.93. The van der Waals surface area contributed by atoms with Gasteiger partial charge in [-0.1, -0.05) is 19.1 Å². The number of hydrogen-bond acceptors (Lipinski definition) is 5. The smallest absolute Gasteiger partial charge is 0.137 e. The number of methoxy groups -OCH3 is 1. The topological polar surface area (TPSA) is 83.1 Å². The average Bonchev–Trinajstić information content (AvgIpc) is 3.44. The molecule has 2 heterocycles. The van der Waals surface area contributed by atoms with Crippen molar-refractivity contribution in [3.8, 4) is 5.75 Å². The number of aliphatic hydroxyl groups is 1. The number of aromatic amines is 1. The molecule has 3 aliphatic carbocycles. The molecule has 2 aromatic heterocycles. The Labute approximate surface area is 205 Å². The number of ether oxygens (including phenoxy) is 1. The number of aromatic nitrogens is 3. The number of nitrogens with zero attached hydrogens (tertiary/aromatic N) is 2. The maximum Gasteiger partial charge on any atom is 0.137 e. The van der Waals surface area contributed by atoms with Crippen LogP contribution in [0, 0.1) is 17.7 Å². The summed E-state index contributed by atoms with van der Waals surface area (Å²) in [5.41, 5.74) is 4.77. The fourth-order valence-electron chi connectivity index (χ4n) is 7.59. The van der Waals surface area contributed by atoms with E-state index in [0.29, 0.717) is 41.7 Å². The number of benzene rings is 1. The van der Waals surface area contributed by atoms with Crippen molar-refractivity contribution >= 4 is 5.82 Å². The van der Waals surface area contributed by atoms with Gasteiger partial charge in [0.25, 0.3) is 0 Å². The molecule has 1 aromatic carbocycles. The lowest BCUT2D eigenvalue weighted by Crippen LogP contribution is -2.44. The first kappa shape index (κ1) is 22.5. The van der Waals surface area contributed by atoms with E-state index in [4.69, 9.17) is 4.74 Å². The molecule has 6 nitrogen and oxygen atoms in total. The minimum atomic E-state index is -0.696. The molecule has 0 amide bonds. The highest BCUT2D eigenvalue weighted by atomic mass is 19.1. The Kier molecular flexibility index (Phi) is 5.55. The Bertz CT molecular complexity index is 1210. The maximum atomic E-state index is 14.6. The zero-order valence-electron chi connectivity index (χ0n) is 20.3. The number of hydrogen-bond donors (Lipinski definition) is 3. The van der Waals surface area contributed by atoms with Crippen LogP contribution in [0.1, 0.15) is 73.2 Å². The molecule has 6 atom stereocenters. The van der Waals surface area contributed by atoms with Crippen molar-refractivity contribution in [2.24, 2.45) is 11.8 Å². The van der Waals surface area contributed by atoms with Crippen LogP contribution in [0.15, 0.2) is 42.7 Å². The summed E-state index contributed by atoms with van der Waals surface area (Å²) < 4.78 is 19.8. The molecular formula is C28H33FN4O2. The van der Waals surface area contributed by atoms with Crippen LogP contribution < -0.4 is 10.1 Å². The summed E-state index contributed by atoms with van der Waals surface area (Å²) in [7, 11) is 1.61. The van der Waals surface area contributed by atoms with Crippen molar-refractivity contribution in [1.82, 2.24) is 15.2 Å². The lowest BCUT2D eigenvalue weighted by molar-refractivity contribution is 0.0747. The molecule has 7 heteroatoms. The average molecular weight is 477 g/mol. The number of anilines is 1. The van der Waals surface area contributed by atoms with Crippen LogP contribution in [0.3, 0.4) is 0 Å². The van der Waals surface area contributed by atoms with Gasteiger partial charge in [0.1, 0.15) is 23.6 Å². The molecule has 0 aliphatic heterocycles. The van der Waals surface area contributed by atoms with E-state index >= 15 is 0 Å². The number of rotatable bonds is 6. The molecule has 3 N–H and O–H groups in total. The molecule has 0 spiro atoms. The van der Waals surface area contributed by atoms with Gasteiger partial charge in [0.2, 0.25) is 0 Å². The van der Waals surface area contributed by atoms with Crippen LogP contribution in [-0.4, -0.2) is 33.6 Å². The Hall–Kier alpha value is -2.93. The van der Waals surface area contributed by atoms with E-state index in [9.17, 15) is 9.50 Å². The minimum absolute atomic E-state index is 0.0401. The monoisotopic (exact) mass is 476 g/mol. The van der Waals surface area contributed by atoms with Crippen molar-refractivity contribution in [3.05, 3.63) is 70.9 Å². The first-order chi connectivity index (χ1) is 17.0. The molecule has 4 unspecified atom stereocenters. The summed E-state index contributed by atoms with van der Waals surface area (Å²) >= 11 is 0. The molecule has 3 aromatic rings. The summed E-state index contributed by atoms with van der Waals surface area (Å²) in [5, 5.41) is 21.7. The van der Waals surface area contributed by atoms with E-state index in [1.165, 1.54) is 16.8 Å². The Morgan fingerprint density at radius 3 is 2.91 bits per heavy atom. The van der Waals surface area contributed by atoms with Crippen LogP contribution in [0.25, 0.3) is 0 Å². The van der Waals surface area contributed by atoms with Gasteiger partial charge in [0.15, 0.2) is 0 Å². The van der Waals surface area contributed by atoms with Crippen LogP contribution in [0.4, 0.5) is 10.2 Å². The number of aliphatic hydroxyl groups excluding tert-OH is 1. The number of halogens is 1. The fraction of sp³-hybridized carbons (Fsp3) is 0.500. The molecule has 6 rings (SSSR count). The SMILES string of the molecule is COc1ccc(NC(O)CC[C@@H]2c3cn[nH]c3[C@@]3(C)CCC4c5cccc(F)c5CCC4C23)nc1. The Balaban J connectivity index is 1.24. The van der Waals surface area contributed by atoms with Gasteiger partial charge in [-0.25, -0.2) is 9.37 Å². The molecule has 0 radical (unpaired) electrons. The van der Waals surface area contributed by atoms with Gasteiger partial charge in [0, 0.05) is 11.1 Å². The molecular weight excluding hydrogens is 443 g/mol. The number of fused-ring (bicyclic) bond motifs is 7. The normalized spacial score (nSPS) is 29.5. The van der Waals surface area contributed by atoms with Gasteiger partial charge >= 0.3 is 0 Å². The first-order valence-electron chi connectivity index (χ1n) is 12.8. The van der Waals surface area contributed by atoms with Gasteiger partial charge in [-0.2, -0.15) is 5.10 Å². The zero-order chi connectivity index (χ0) is 24.2. The van der Waals surface area contributed by atoms with Crippen LogP contribution in [0.2, 0.25) is 0 Å². The summed E-state index contributed by atoms with van der Waals surface area (Å²) in [6.45, 7) is 2.39. The maximum absolute atomic E-state index is 14.6. The van der Waals surface area contributed by atoms with E-state index in [1.54, 1.807) is 19.4 Å². The molecule has 35 heavy (non-hydrogen) atoms. The second-order valence-electron chi connectivity index (χ2n) is 10.7. The second-order valence-corrected chi connectivity index (χ2v) is 10.7. The van der Waals surface area contributed by atoms with Crippen molar-refractivity contribution < 1.29 is 14.2 Å². The van der Waals surface area contributed by atoms with Gasteiger partial charge < -0.3 is 15.2 Å². The summed E-state index contributed by atoms with van der Waals surface area (Å²) in [6.07, 6.45) is 8.38. The molecule has 184 valence electrons. The fourth-order valence-corrected chi connectivity index (χ4v) is 7.59. The first-order valence-corrected chi connectivity index (χ1v) is 12.8. The standard InChI is InChI=1S/C28H33FN4O2/c1-28-13-12-18-17-4-3-5-23(29)19(17)7-8-20(18)26(28)21(22-15-31-33-27(22)28)9-11-25(34)32-24-10-6-16(35-2)14-30-24/h3-6,10,14-15,18,20-21,25-26,34H,7-9,11-13H2,1-2H3,(H,30,32)(H,31,33)/t18?,20?,21-,25?,26?,28+/m1/s1. The molecule has 0 saturated heterocycles. The number of pyridine rings is 1. The molecule has 0 bridgehead atoms. The van der Waals surface area contributed by atoms with E-state index in [2.05, 4.69) is 33.5 Å². The minimum Gasteiger partial charge on any atom is -0.495 e. The van der Waals surface area contributed by atoms with E-state index in [0.717, 1.165) is 37.7 Å². The highest BCUT2D eigenvalue weighted by Crippen LogP contribution is 2.64. The molecule has 1 saturated carbocycles. The van der Waals surface area contributed by atoms with Crippen LogP contribution >= 0.6 is 0 Å². The van der Waals surface area contributed by atoms with E-state index in [1.807, 2.05) is 24.4 Å². The van der Waals surface area contributed by atoms with Gasteiger partial charge in [-0.05, 0) is 97.1 Å². The van der Waals surface area contributed by atoms with Gasteiger partial charge in [-0.3, -0.25) is 5.10 Å². The summed E-state index contributed by atoms with van der Waals surface area (Å²) in [6, 6.07) is 9.27. The van der Waals surface area contributed by atoms with Crippen LogP contribution in [0.5, 0.6) is 5.75 Å². The predicted molar refractivity (Wildman–Crippen MR) is 132 cm³/mol. The van der Waals surface area contributed by atoms with Crippen molar-refractivity contribution in [3.63, 3.8) is 0 Å². The Morgan fingerprint density at radius 1 is 1.23 bits per heavy atom. The summed E-state index contributed by atoms with van der Waals surface area (Å²) in [4.78, 5) is 4.31. The highest BCUT2D eigenvalue weighted by Gasteiger charge is 2.57. The third kappa shape index (κ3) is 3.63.